The number of benzene rings is 2. The van der Waals surface area contributed by atoms with Gasteiger partial charge in [0.25, 0.3) is 5.91 Å². The number of aryl methyl sites for hydroxylation is 4. The molecule has 4 rings (SSSR count). The molecule has 1 N–H and O–H groups in total. The molecule has 1 atom stereocenters. The van der Waals surface area contributed by atoms with E-state index < -0.39 is 5.54 Å². The lowest BCUT2D eigenvalue weighted by molar-refractivity contribution is -0.131. The first kappa shape index (κ1) is 16.8. The third kappa shape index (κ3) is 2.61. The maximum atomic E-state index is 13.2. The molecule has 4 nitrogen and oxygen atoms in total. The normalized spacial score (nSPS) is 21.9. The summed E-state index contributed by atoms with van der Waals surface area (Å²) >= 11 is 0. The predicted molar refractivity (Wildman–Crippen MR) is 101 cm³/mol. The van der Waals surface area contributed by atoms with Crippen molar-refractivity contribution in [1.82, 2.24) is 10.2 Å². The van der Waals surface area contributed by atoms with Crippen molar-refractivity contribution in [3.63, 3.8) is 0 Å². The Kier molecular flexibility index (Phi) is 3.87. The van der Waals surface area contributed by atoms with Crippen LogP contribution in [0.25, 0.3) is 0 Å². The maximum Gasteiger partial charge on any atom is 0.325 e. The van der Waals surface area contributed by atoms with Crippen molar-refractivity contribution in [3.05, 3.63) is 69.8 Å². The van der Waals surface area contributed by atoms with Crippen LogP contribution in [-0.4, -0.2) is 16.8 Å². The average Bonchev–Trinajstić information content (AvgIpc) is 3.16. The molecular weight excluding hydrogens is 324 g/mol. The Bertz CT molecular complexity index is 918. The van der Waals surface area contributed by atoms with Crippen LogP contribution in [0.5, 0.6) is 0 Å². The largest absolute Gasteiger partial charge is 0.325 e. The van der Waals surface area contributed by atoms with E-state index in [1.807, 2.05) is 45.0 Å². The minimum Gasteiger partial charge on any atom is -0.319 e. The van der Waals surface area contributed by atoms with Crippen LogP contribution in [-0.2, 0) is 29.7 Å². The van der Waals surface area contributed by atoms with Gasteiger partial charge in [0, 0.05) is 0 Å². The molecule has 0 spiro atoms. The quantitative estimate of drug-likeness (QED) is 0.859. The topological polar surface area (TPSA) is 49.4 Å². The van der Waals surface area contributed by atoms with Gasteiger partial charge in [0.05, 0.1) is 6.54 Å². The predicted octanol–water partition coefficient (Wildman–Crippen LogP) is 3.76. The highest BCUT2D eigenvalue weighted by molar-refractivity contribution is 6.07. The lowest BCUT2D eigenvalue weighted by Crippen LogP contribution is -2.41. The highest BCUT2D eigenvalue weighted by atomic mass is 16.2. The summed E-state index contributed by atoms with van der Waals surface area (Å²) in [6.45, 7) is 6.14. The first-order valence-electron chi connectivity index (χ1n) is 9.21. The Morgan fingerprint density at radius 1 is 1.04 bits per heavy atom. The standard InChI is InChI=1S/C22H24N2O2/c1-14-7-8-15(2)18(11-14)13-24-20(25)22(3,23-21(24)26)19-10-9-16-5-4-6-17(16)12-19/h7-12H,4-6,13H2,1-3H3,(H,23,26). The Morgan fingerprint density at radius 3 is 2.62 bits per heavy atom. The number of urea groups is 1. The summed E-state index contributed by atoms with van der Waals surface area (Å²) in [5.41, 5.74) is 5.76. The van der Waals surface area contributed by atoms with Crippen LogP contribution in [0.1, 0.15) is 46.7 Å². The fourth-order valence-corrected chi connectivity index (χ4v) is 4.06. The van der Waals surface area contributed by atoms with Crippen molar-refractivity contribution in [2.24, 2.45) is 0 Å². The molecule has 1 aliphatic carbocycles. The molecule has 0 saturated carbocycles. The highest BCUT2D eigenvalue weighted by Crippen LogP contribution is 2.33. The van der Waals surface area contributed by atoms with Gasteiger partial charge < -0.3 is 5.32 Å². The minimum absolute atomic E-state index is 0.179. The number of hydrogen-bond donors (Lipinski definition) is 1. The van der Waals surface area contributed by atoms with Crippen molar-refractivity contribution in [3.8, 4) is 0 Å². The zero-order chi connectivity index (χ0) is 18.5. The summed E-state index contributed by atoms with van der Waals surface area (Å²) in [5.74, 6) is -0.179. The number of nitrogens with zero attached hydrogens (tertiary/aromatic N) is 1. The van der Waals surface area contributed by atoms with E-state index in [1.165, 1.54) is 16.0 Å². The van der Waals surface area contributed by atoms with Gasteiger partial charge in [-0.1, -0.05) is 42.0 Å². The summed E-state index contributed by atoms with van der Waals surface area (Å²) in [6, 6.07) is 12.0. The lowest BCUT2D eigenvalue weighted by Gasteiger charge is -2.23. The van der Waals surface area contributed by atoms with Crippen molar-refractivity contribution in [1.29, 1.82) is 0 Å². The van der Waals surface area contributed by atoms with E-state index in [0.717, 1.165) is 41.5 Å². The van der Waals surface area contributed by atoms with E-state index in [-0.39, 0.29) is 11.9 Å². The molecule has 2 aliphatic rings. The van der Waals surface area contributed by atoms with E-state index in [1.54, 1.807) is 0 Å². The molecular formula is C22H24N2O2. The number of nitrogens with one attached hydrogen (secondary N) is 1. The van der Waals surface area contributed by atoms with E-state index in [4.69, 9.17) is 0 Å². The van der Waals surface area contributed by atoms with Gasteiger partial charge in [-0.05, 0) is 67.9 Å². The molecule has 2 aromatic carbocycles. The SMILES string of the molecule is Cc1ccc(C)c(CN2C(=O)NC(C)(c3ccc4c(c3)CCC4)C2=O)c1. The van der Waals surface area contributed by atoms with Gasteiger partial charge in [0.2, 0.25) is 0 Å². The van der Waals surface area contributed by atoms with Gasteiger partial charge >= 0.3 is 6.03 Å². The number of carbonyl (C=O) groups is 2. The molecule has 1 aliphatic heterocycles. The van der Waals surface area contributed by atoms with Crippen molar-refractivity contribution < 1.29 is 9.59 Å². The summed E-state index contributed by atoms with van der Waals surface area (Å²) < 4.78 is 0. The average molecular weight is 348 g/mol. The number of fused-ring (bicyclic) bond motifs is 1. The van der Waals surface area contributed by atoms with E-state index >= 15 is 0 Å². The maximum absolute atomic E-state index is 13.2. The Hall–Kier alpha value is -2.62. The summed E-state index contributed by atoms with van der Waals surface area (Å²) in [7, 11) is 0. The second-order valence-electron chi connectivity index (χ2n) is 7.71. The molecule has 1 unspecified atom stereocenters. The fourth-order valence-electron chi connectivity index (χ4n) is 4.06. The number of hydrogen-bond acceptors (Lipinski definition) is 2. The zero-order valence-corrected chi connectivity index (χ0v) is 15.6. The van der Waals surface area contributed by atoms with Crippen molar-refractivity contribution in [2.45, 2.75) is 52.1 Å². The summed E-state index contributed by atoms with van der Waals surface area (Å²) in [6.07, 6.45) is 3.31. The summed E-state index contributed by atoms with van der Waals surface area (Å²) in [4.78, 5) is 27.1. The van der Waals surface area contributed by atoms with Crippen LogP contribution >= 0.6 is 0 Å². The number of rotatable bonds is 3. The Labute approximate surface area is 154 Å². The van der Waals surface area contributed by atoms with Crippen molar-refractivity contribution >= 4 is 11.9 Å². The zero-order valence-electron chi connectivity index (χ0n) is 15.6. The molecule has 1 heterocycles. The molecule has 1 fully saturated rings. The highest BCUT2D eigenvalue weighted by Gasteiger charge is 2.49. The first-order valence-corrected chi connectivity index (χ1v) is 9.21. The fraction of sp³-hybridized carbons (Fsp3) is 0.364. The van der Waals surface area contributed by atoms with Gasteiger partial charge in [-0.15, -0.1) is 0 Å². The molecule has 26 heavy (non-hydrogen) atoms. The van der Waals surface area contributed by atoms with Gasteiger partial charge in [0.1, 0.15) is 5.54 Å². The smallest absolute Gasteiger partial charge is 0.319 e. The minimum atomic E-state index is -0.994. The summed E-state index contributed by atoms with van der Waals surface area (Å²) in [5, 5.41) is 2.93. The second kappa shape index (κ2) is 5.97. The molecule has 2 aromatic rings. The van der Waals surface area contributed by atoms with E-state index in [0.29, 0.717) is 6.54 Å². The Balaban J connectivity index is 1.65. The van der Waals surface area contributed by atoms with Gasteiger partial charge in [-0.25, -0.2) is 4.79 Å². The Morgan fingerprint density at radius 2 is 1.81 bits per heavy atom. The van der Waals surface area contributed by atoms with E-state index in [9.17, 15) is 9.59 Å². The first-order chi connectivity index (χ1) is 12.4. The van der Waals surface area contributed by atoms with Crippen LogP contribution in [0.2, 0.25) is 0 Å². The molecule has 0 aromatic heterocycles. The number of amides is 3. The van der Waals surface area contributed by atoms with Gasteiger partial charge in [-0.3, -0.25) is 9.69 Å². The van der Waals surface area contributed by atoms with Crippen LogP contribution in [0.4, 0.5) is 4.79 Å². The molecule has 1 saturated heterocycles. The molecule has 0 bridgehead atoms. The lowest BCUT2D eigenvalue weighted by atomic mass is 9.89. The third-order valence-electron chi connectivity index (χ3n) is 5.78. The van der Waals surface area contributed by atoms with E-state index in [2.05, 4.69) is 17.4 Å². The van der Waals surface area contributed by atoms with Crippen molar-refractivity contribution in [2.75, 3.05) is 0 Å². The molecule has 134 valence electrons. The van der Waals surface area contributed by atoms with Gasteiger partial charge in [0.15, 0.2) is 0 Å². The number of carbonyl (C=O) groups excluding carboxylic acids is 2. The molecule has 4 heteroatoms. The second-order valence-corrected chi connectivity index (χ2v) is 7.71. The monoisotopic (exact) mass is 348 g/mol. The van der Waals surface area contributed by atoms with Crippen LogP contribution < -0.4 is 5.32 Å². The van der Waals surface area contributed by atoms with Crippen LogP contribution in [0, 0.1) is 13.8 Å². The van der Waals surface area contributed by atoms with Gasteiger partial charge in [-0.2, -0.15) is 0 Å². The van der Waals surface area contributed by atoms with Crippen LogP contribution in [0.3, 0.4) is 0 Å². The number of imide groups is 1. The van der Waals surface area contributed by atoms with Crippen LogP contribution in [0.15, 0.2) is 36.4 Å². The third-order valence-corrected chi connectivity index (χ3v) is 5.78. The molecule has 0 radical (unpaired) electrons. The molecule has 3 amide bonds.